The van der Waals surface area contributed by atoms with E-state index in [2.05, 4.69) is 10.3 Å². The largest absolute Gasteiger partial charge is 0.496 e. The molecule has 7 nitrogen and oxygen atoms in total. The molecule has 0 fully saturated rings. The molecule has 0 saturated carbocycles. The molecule has 2 heterocycles. The summed E-state index contributed by atoms with van der Waals surface area (Å²) in [4.78, 5) is 30.3. The van der Waals surface area contributed by atoms with E-state index in [1.54, 1.807) is 36.6 Å². The zero-order valence-electron chi connectivity index (χ0n) is 17.7. The van der Waals surface area contributed by atoms with Crippen LogP contribution in [0.5, 0.6) is 5.75 Å². The highest BCUT2D eigenvalue weighted by Gasteiger charge is 2.49. The first-order valence-corrected chi connectivity index (χ1v) is 10.7. The number of hydrogen-bond acceptors (Lipinski definition) is 7. The second-order valence-corrected chi connectivity index (χ2v) is 7.58. The van der Waals surface area contributed by atoms with E-state index in [1.165, 1.54) is 18.9 Å². The fourth-order valence-electron chi connectivity index (χ4n) is 3.50. The summed E-state index contributed by atoms with van der Waals surface area (Å²) in [6.07, 6.45) is -4.99. The SMILES string of the molecule is CCNC(=O)CC1=CSC2=NC(C(F)(F)F)=C(C(=O)OCC)C(c3ccccc3OC)N12. The summed E-state index contributed by atoms with van der Waals surface area (Å²) in [5, 5.41) is 4.25. The summed E-state index contributed by atoms with van der Waals surface area (Å²) in [5.74, 6) is -1.15. The number of amides is 1. The lowest BCUT2D eigenvalue weighted by molar-refractivity contribution is -0.140. The minimum Gasteiger partial charge on any atom is -0.496 e. The number of allylic oxidation sites excluding steroid dienone is 1. The zero-order valence-corrected chi connectivity index (χ0v) is 18.5. The number of thioether (sulfide) groups is 1. The van der Waals surface area contributed by atoms with E-state index in [1.807, 2.05) is 0 Å². The van der Waals surface area contributed by atoms with Gasteiger partial charge in [-0.3, -0.25) is 4.79 Å². The quantitative estimate of drug-likeness (QED) is 0.610. The number of nitrogens with zero attached hydrogens (tertiary/aromatic N) is 2. The molecule has 1 unspecified atom stereocenters. The van der Waals surface area contributed by atoms with Crippen LogP contribution in [0.3, 0.4) is 0 Å². The fourth-order valence-corrected chi connectivity index (χ4v) is 4.42. The highest BCUT2D eigenvalue weighted by Crippen LogP contribution is 2.49. The Morgan fingerprint density at radius 2 is 1.97 bits per heavy atom. The molecule has 0 spiro atoms. The second kappa shape index (κ2) is 9.68. The van der Waals surface area contributed by atoms with E-state index in [-0.39, 0.29) is 29.9 Å². The van der Waals surface area contributed by atoms with Gasteiger partial charge in [0.1, 0.15) is 5.75 Å². The van der Waals surface area contributed by atoms with Crippen molar-refractivity contribution in [2.45, 2.75) is 32.5 Å². The Morgan fingerprint density at radius 3 is 2.59 bits per heavy atom. The number of rotatable bonds is 7. The highest BCUT2D eigenvalue weighted by molar-refractivity contribution is 8.16. The predicted octanol–water partition coefficient (Wildman–Crippen LogP) is 3.90. The molecule has 32 heavy (non-hydrogen) atoms. The summed E-state index contributed by atoms with van der Waals surface area (Å²) < 4.78 is 52.4. The number of esters is 1. The van der Waals surface area contributed by atoms with Gasteiger partial charge in [-0.05, 0) is 25.3 Å². The van der Waals surface area contributed by atoms with Crippen LogP contribution in [0.15, 0.2) is 51.6 Å². The summed E-state index contributed by atoms with van der Waals surface area (Å²) in [7, 11) is 1.39. The number of methoxy groups -OCH3 is 1. The molecular formula is C21H22F3N3O4S. The molecule has 0 bridgehead atoms. The highest BCUT2D eigenvalue weighted by atomic mass is 32.2. The fraction of sp³-hybridized carbons (Fsp3) is 0.381. The predicted molar refractivity (Wildman–Crippen MR) is 114 cm³/mol. The van der Waals surface area contributed by atoms with Gasteiger partial charge in [-0.2, -0.15) is 13.2 Å². The van der Waals surface area contributed by atoms with E-state index in [4.69, 9.17) is 9.47 Å². The van der Waals surface area contributed by atoms with Crippen molar-refractivity contribution < 1.29 is 32.2 Å². The van der Waals surface area contributed by atoms with E-state index >= 15 is 0 Å². The van der Waals surface area contributed by atoms with Crippen LogP contribution in [0.25, 0.3) is 0 Å². The lowest BCUT2D eigenvalue weighted by Crippen LogP contribution is -2.40. The molecule has 1 aromatic rings. The molecule has 3 rings (SSSR count). The minimum absolute atomic E-state index is 0.0144. The maximum atomic E-state index is 14.0. The molecule has 1 amide bonds. The molecule has 1 aromatic carbocycles. The van der Waals surface area contributed by atoms with Crippen molar-refractivity contribution in [2.24, 2.45) is 4.99 Å². The van der Waals surface area contributed by atoms with Crippen molar-refractivity contribution in [3.05, 3.63) is 52.2 Å². The first-order chi connectivity index (χ1) is 15.2. The lowest BCUT2D eigenvalue weighted by atomic mass is 9.92. The van der Waals surface area contributed by atoms with Gasteiger partial charge in [-0.15, -0.1) is 0 Å². The lowest BCUT2D eigenvalue weighted by Gasteiger charge is -2.37. The molecule has 11 heteroatoms. The van der Waals surface area contributed by atoms with Crippen molar-refractivity contribution >= 4 is 28.8 Å². The molecular weight excluding hydrogens is 447 g/mol. The number of halogens is 3. The van der Waals surface area contributed by atoms with Crippen LogP contribution in [0, 0.1) is 0 Å². The van der Waals surface area contributed by atoms with Crippen LogP contribution in [-0.4, -0.2) is 48.4 Å². The molecule has 172 valence electrons. The van der Waals surface area contributed by atoms with E-state index < -0.39 is 29.5 Å². The Bertz CT molecular complexity index is 1000. The van der Waals surface area contributed by atoms with Crippen molar-refractivity contribution in [3.63, 3.8) is 0 Å². The van der Waals surface area contributed by atoms with Crippen LogP contribution in [0.4, 0.5) is 13.2 Å². The van der Waals surface area contributed by atoms with Crippen molar-refractivity contribution in [1.82, 2.24) is 10.2 Å². The van der Waals surface area contributed by atoms with Gasteiger partial charge < -0.3 is 19.7 Å². The smallest absolute Gasteiger partial charge is 0.434 e. The Balaban J connectivity index is 2.23. The standard InChI is InChI=1S/C21H22F3N3O4S/c1-4-25-15(28)10-12-11-32-20-26-18(21(22,23)24)16(19(29)31-5-2)17(27(12)20)13-8-6-7-9-14(13)30-3/h6-9,11,17H,4-5,10H2,1-3H3,(H,25,28). The number of amidine groups is 1. The van der Waals surface area contributed by atoms with Crippen LogP contribution in [0.2, 0.25) is 0 Å². The van der Waals surface area contributed by atoms with Crippen molar-refractivity contribution in [2.75, 3.05) is 20.3 Å². The Morgan fingerprint density at radius 1 is 1.25 bits per heavy atom. The monoisotopic (exact) mass is 469 g/mol. The maximum Gasteiger partial charge on any atom is 0.434 e. The average molecular weight is 469 g/mol. The molecule has 0 radical (unpaired) electrons. The maximum absolute atomic E-state index is 14.0. The van der Waals surface area contributed by atoms with Gasteiger partial charge >= 0.3 is 12.1 Å². The molecule has 0 aliphatic carbocycles. The Hall–Kier alpha value is -2.95. The van der Waals surface area contributed by atoms with E-state index in [9.17, 15) is 22.8 Å². The average Bonchev–Trinajstić information content (AvgIpc) is 3.14. The third kappa shape index (κ3) is 4.62. The molecule has 1 N–H and O–H groups in total. The third-order valence-electron chi connectivity index (χ3n) is 4.72. The Kier molecular flexibility index (Phi) is 7.17. The topological polar surface area (TPSA) is 80.2 Å². The summed E-state index contributed by atoms with van der Waals surface area (Å²) in [6, 6.07) is 5.22. The third-order valence-corrected chi connectivity index (χ3v) is 5.61. The minimum atomic E-state index is -4.90. The first-order valence-electron chi connectivity index (χ1n) is 9.84. The molecule has 2 aliphatic rings. The van der Waals surface area contributed by atoms with Gasteiger partial charge in [0.25, 0.3) is 0 Å². The van der Waals surface area contributed by atoms with Crippen LogP contribution >= 0.6 is 11.8 Å². The van der Waals surface area contributed by atoms with Crippen LogP contribution in [-0.2, 0) is 14.3 Å². The van der Waals surface area contributed by atoms with Crippen LogP contribution in [0.1, 0.15) is 31.9 Å². The molecule has 2 aliphatic heterocycles. The number of benzene rings is 1. The number of para-hydroxylation sites is 1. The molecule has 0 aromatic heterocycles. The number of nitrogens with one attached hydrogen (secondary N) is 1. The number of aliphatic imine (C=N–C) groups is 1. The summed E-state index contributed by atoms with van der Waals surface area (Å²) in [6.45, 7) is 3.56. The Labute approximate surface area is 187 Å². The van der Waals surface area contributed by atoms with Gasteiger partial charge in [-0.25, -0.2) is 9.79 Å². The second-order valence-electron chi connectivity index (χ2n) is 6.75. The van der Waals surface area contributed by atoms with E-state index in [0.717, 1.165) is 11.8 Å². The number of alkyl halides is 3. The number of fused-ring (bicyclic) bond motifs is 1. The van der Waals surface area contributed by atoms with Crippen molar-refractivity contribution in [1.29, 1.82) is 0 Å². The summed E-state index contributed by atoms with van der Waals surface area (Å²) >= 11 is 0.960. The van der Waals surface area contributed by atoms with Gasteiger partial charge in [0, 0.05) is 17.8 Å². The number of hydrogen-bond donors (Lipinski definition) is 1. The number of carbonyl (C=O) groups is 2. The summed E-state index contributed by atoms with van der Waals surface area (Å²) in [5.41, 5.74) is -1.25. The normalized spacial score (nSPS) is 18.1. The van der Waals surface area contributed by atoms with E-state index in [0.29, 0.717) is 17.8 Å². The van der Waals surface area contributed by atoms with Crippen LogP contribution < -0.4 is 10.1 Å². The molecule has 1 atom stereocenters. The number of carbonyl (C=O) groups excluding carboxylic acids is 2. The van der Waals surface area contributed by atoms with Gasteiger partial charge in [0.15, 0.2) is 10.9 Å². The van der Waals surface area contributed by atoms with Crippen molar-refractivity contribution in [3.8, 4) is 5.75 Å². The zero-order chi connectivity index (χ0) is 23.5. The van der Waals surface area contributed by atoms with Gasteiger partial charge in [0.05, 0.1) is 31.8 Å². The molecule has 0 saturated heterocycles. The van der Waals surface area contributed by atoms with Gasteiger partial charge in [-0.1, -0.05) is 30.0 Å². The number of ether oxygens (including phenoxy) is 2. The first kappa shape index (κ1) is 23.7. The van der Waals surface area contributed by atoms with Gasteiger partial charge in [0.2, 0.25) is 5.91 Å².